The molecule has 0 bridgehead atoms. The molecule has 1 fully saturated rings. The maximum Gasteiger partial charge on any atom is 0.406 e. The molecule has 0 aromatic carbocycles. The Morgan fingerprint density at radius 1 is 1.56 bits per heavy atom. The average Bonchev–Trinajstić information content (AvgIpc) is 2.92. The number of aromatic nitrogens is 3. The summed E-state index contributed by atoms with van der Waals surface area (Å²) in [6, 6.07) is -0.0643. The second kappa shape index (κ2) is 3.76. The number of anilines is 1. The summed E-state index contributed by atoms with van der Waals surface area (Å²) in [7, 11) is 1.60. The minimum absolute atomic E-state index is 0.0643. The van der Waals surface area contributed by atoms with Gasteiger partial charge in [-0.2, -0.15) is 13.2 Å². The topological polar surface area (TPSA) is 36.9 Å². The van der Waals surface area contributed by atoms with Crippen molar-refractivity contribution in [3.63, 3.8) is 0 Å². The zero-order valence-corrected chi connectivity index (χ0v) is 9.40. The first kappa shape index (κ1) is 11.4. The van der Waals surface area contributed by atoms with E-state index in [9.17, 15) is 13.2 Å². The molecule has 0 unspecified atom stereocenters. The molecular weight excluding hydrogens is 241 g/mol. The molecule has 2 rings (SSSR count). The first-order valence-electron chi connectivity index (χ1n) is 4.83. The lowest BCUT2D eigenvalue weighted by Gasteiger charge is -2.23. The predicted molar refractivity (Wildman–Crippen MR) is 54.8 cm³/mol. The molecule has 16 heavy (non-hydrogen) atoms. The Morgan fingerprint density at radius 2 is 2.19 bits per heavy atom. The minimum Gasteiger partial charge on any atom is -0.329 e. The summed E-state index contributed by atoms with van der Waals surface area (Å²) in [6.45, 7) is -0.981. The molecule has 0 saturated heterocycles. The predicted octanol–water partition coefficient (Wildman–Crippen LogP) is 2.01. The highest BCUT2D eigenvalue weighted by molar-refractivity contribution is 7.71. The van der Waals surface area contributed by atoms with Gasteiger partial charge in [-0.05, 0) is 25.1 Å². The zero-order chi connectivity index (χ0) is 11.9. The van der Waals surface area contributed by atoms with Crippen molar-refractivity contribution in [1.82, 2.24) is 14.8 Å². The molecule has 4 nitrogen and oxygen atoms in total. The highest BCUT2D eigenvalue weighted by Crippen LogP contribution is 2.33. The van der Waals surface area contributed by atoms with Crippen molar-refractivity contribution in [3.05, 3.63) is 4.77 Å². The van der Waals surface area contributed by atoms with Gasteiger partial charge in [0.15, 0.2) is 4.77 Å². The number of hydrogen-bond acceptors (Lipinski definition) is 3. The Balaban J connectivity index is 2.26. The van der Waals surface area contributed by atoms with E-state index in [2.05, 4.69) is 10.2 Å². The highest BCUT2D eigenvalue weighted by Gasteiger charge is 2.39. The van der Waals surface area contributed by atoms with Crippen LogP contribution in [0.5, 0.6) is 0 Å². The summed E-state index contributed by atoms with van der Waals surface area (Å²) >= 11 is 4.88. The van der Waals surface area contributed by atoms with Crippen LogP contribution < -0.4 is 4.90 Å². The van der Waals surface area contributed by atoms with E-state index in [4.69, 9.17) is 12.2 Å². The van der Waals surface area contributed by atoms with E-state index < -0.39 is 12.7 Å². The fourth-order valence-electron chi connectivity index (χ4n) is 1.54. The molecule has 1 heterocycles. The van der Waals surface area contributed by atoms with Crippen LogP contribution in [0.25, 0.3) is 0 Å². The Morgan fingerprint density at radius 3 is 2.56 bits per heavy atom. The smallest absolute Gasteiger partial charge is 0.329 e. The third-order valence-corrected chi connectivity index (χ3v) is 2.82. The van der Waals surface area contributed by atoms with E-state index in [1.165, 1.54) is 9.47 Å². The van der Waals surface area contributed by atoms with Crippen molar-refractivity contribution >= 4 is 18.2 Å². The second-order valence-electron chi connectivity index (χ2n) is 3.86. The van der Waals surface area contributed by atoms with Gasteiger partial charge in [0, 0.05) is 13.1 Å². The van der Waals surface area contributed by atoms with E-state index in [0.29, 0.717) is 4.77 Å². The van der Waals surface area contributed by atoms with Crippen LogP contribution in [0.3, 0.4) is 0 Å². The van der Waals surface area contributed by atoms with Crippen molar-refractivity contribution < 1.29 is 13.2 Å². The molecule has 0 spiro atoms. The molecule has 1 aromatic rings. The van der Waals surface area contributed by atoms with E-state index >= 15 is 0 Å². The molecule has 0 aliphatic heterocycles. The van der Waals surface area contributed by atoms with Crippen LogP contribution in [0, 0.1) is 4.77 Å². The van der Waals surface area contributed by atoms with E-state index in [1.807, 2.05) is 0 Å². The van der Waals surface area contributed by atoms with Gasteiger partial charge in [0.25, 0.3) is 0 Å². The third-order valence-electron chi connectivity index (χ3n) is 2.45. The Hall–Kier alpha value is -1.05. The number of H-pyrrole nitrogens is 1. The van der Waals surface area contributed by atoms with Crippen LogP contribution in [0.1, 0.15) is 12.8 Å². The first-order valence-corrected chi connectivity index (χ1v) is 5.24. The van der Waals surface area contributed by atoms with E-state index in [0.717, 1.165) is 12.8 Å². The molecule has 0 amide bonds. The minimum atomic E-state index is -4.23. The van der Waals surface area contributed by atoms with Gasteiger partial charge >= 0.3 is 6.18 Å². The number of halogens is 3. The Kier molecular flexibility index (Phi) is 2.69. The number of aromatic amines is 1. The summed E-state index contributed by atoms with van der Waals surface area (Å²) in [6.07, 6.45) is -2.68. The molecule has 1 aliphatic carbocycles. The van der Waals surface area contributed by atoms with Crippen molar-refractivity contribution in [3.8, 4) is 0 Å². The third kappa shape index (κ3) is 2.37. The number of hydrogen-bond donors (Lipinski definition) is 1. The fraction of sp³-hybridized carbons (Fsp3) is 0.750. The largest absolute Gasteiger partial charge is 0.406 e. The van der Waals surface area contributed by atoms with E-state index in [-0.39, 0.29) is 12.0 Å². The maximum absolute atomic E-state index is 12.4. The van der Waals surface area contributed by atoms with Gasteiger partial charge < -0.3 is 4.90 Å². The number of rotatable bonds is 3. The van der Waals surface area contributed by atoms with Crippen LogP contribution in [-0.4, -0.2) is 33.5 Å². The maximum atomic E-state index is 12.4. The number of nitrogens with one attached hydrogen (secondary N) is 1. The molecule has 90 valence electrons. The van der Waals surface area contributed by atoms with Crippen LogP contribution in [0.15, 0.2) is 0 Å². The zero-order valence-electron chi connectivity index (χ0n) is 8.58. The molecular formula is C8H11F3N4S. The normalized spacial score (nSPS) is 16.5. The lowest BCUT2D eigenvalue weighted by atomic mass is 10.5. The standard InChI is InChI=1S/C8H11F3N4S/c1-14-6(12-13-7(14)16)15(5-2-3-5)4-8(9,10)11/h5H,2-4H2,1H3,(H,13,16). The summed E-state index contributed by atoms with van der Waals surface area (Å²) < 4.78 is 39.0. The lowest BCUT2D eigenvalue weighted by molar-refractivity contribution is -0.120. The van der Waals surface area contributed by atoms with Gasteiger partial charge in [0.05, 0.1) is 0 Å². The monoisotopic (exact) mass is 252 g/mol. The number of nitrogens with zero attached hydrogens (tertiary/aromatic N) is 3. The van der Waals surface area contributed by atoms with Gasteiger partial charge in [0.1, 0.15) is 6.54 Å². The Bertz CT molecular complexity index is 431. The van der Waals surface area contributed by atoms with Gasteiger partial charge in [-0.3, -0.25) is 4.57 Å². The van der Waals surface area contributed by atoms with Crippen molar-refractivity contribution in [1.29, 1.82) is 0 Å². The van der Waals surface area contributed by atoms with Crippen LogP contribution in [-0.2, 0) is 7.05 Å². The summed E-state index contributed by atoms with van der Waals surface area (Å²) in [4.78, 5) is 1.26. The van der Waals surface area contributed by atoms with Crippen molar-refractivity contribution in [2.24, 2.45) is 7.05 Å². The van der Waals surface area contributed by atoms with Crippen LogP contribution in [0.4, 0.5) is 19.1 Å². The molecule has 0 radical (unpaired) electrons. The van der Waals surface area contributed by atoms with Gasteiger partial charge in [-0.1, -0.05) is 0 Å². The first-order chi connectivity index (χ1) is 7.38. The molecule has 1 N–H and O–H groups in total. The average molecular weight is 252 g/mol. The SMILES string of the molecule is Cn1c(N(CC(F)(F)F)C2CC2)n[nH]c1=S. The second-order valence-corrected chi connectivity index (χ2v) is 4.25. The summed E-state index contributed by atoms with van der Waals surface area (Å²) in [5.74, 6) is 0.254. The Labute approximate surface area is 95.1 Å². The van der Waals surface area contributed by atoms with Crippen molar-refractivity contribution in [2.45, 2.75) is 25.1 Å². The molecule has 0 atom stereocenters. The highest BCUT2D eigenvalue weighted by atomic mass is 32.1. The quantitative estimate of drug-likeness (QED) is 0.836. The fourth-order valence-corrected chi connectivity index (χ4v) is 1.67. The van der Waals surface area contributed by atoms with Gasteiger partial charge in [-0.25, -0.2) is 5.10 Å². The summed E-state index contributed by atoms with van der Waals surface area (Å²) in [5, 5.41) is 6.33. The van der Waals surface area contributed by atoms with Crippen LogP contribution in [0.2, 0.25) is 0 Å². The number of alkyl halides is 3. The molecule has 1 saturated carbocycles. The molecule has 1 aromatic heterocycles. The summed E-state index contributed by atoms with van der Waals surface area (Å²) in [5.41, 5.74) is 0. The van der Waals surface area contributed by atoms with Gasteiger partial charge in [-0.15, -0.1) is 5.10 Å². The van der Waals surface area contributed by atoms with E-state index in [1.54, 1.807) is 7.05 Å². The van der Waals surface area contributed by atoms with Gasteiger partial charge in [0.2, 0.25) is 5.95 Å². The molecule has 8 heteroatoms. The van der Waals surface area contributed by atoms with Crippen molar-refractivity contribution in [2.75, 3.05) is 11.4 Å². The lowest BCUT2D eigenvalue weighted by Crippen LogP contribution is -2.37. The van der Waals surface area contributed by atoms with Crippen LogP contribution >= 0.6 is 12.2 Å². The molecule has 1 aliphatic rings.